The van der Waals surface area contributed by atoms with Crippen LogP contribution in [0.2, 0.25) is 0 Å². The van der Waals surface area contributed by atoms with Crippen molar-refractivity contribution >= 4 is 67.7 Å². The average Bonchev–Trinajstić information content (AvgIpc) is 3.21. The molecule has 1 aromatic heterocycles. The average molecular weight is 694 g/mol. The highest BCUT2D eigenvalue weighted by Crippen LogP contribution is 2.34. The number of benzene rings is 3. The highest BCUT2D eigenvalue weighted by atomic mass is 127. The maximum absolute atomic E-state index is 13.7. The Morgan fingerprint density at radius 3 is 2.37 bits per heavy atom. The highest BCUT2D eigenvalue weighted by Gasteiger charge is 2.23. The number of hydrogen-bond donors (Lipinski definition) is 1. The third-order valence-corrected chi connectivity index (χ3v) is 7.32. The fourth-order valence-electron chi connectivity index (χ4n) is 3.88. The van der Waals surface area contributed by atoms with Crippen molar-refractivity contribution in [1.29, 1.82) is 0 Å². The minimum atomic E-state index is -0.154. The van der Waals surface area contributed by atoms with Gasteiger partial charge in [0.25, 0.3) is 0 Å². The van der Waals surface area contributed by atoms with Gasteiger partial charge in [-0.3, -0.25) is 4.79 Å². The molecule has 4 rings (SSSR count). The third kappa shape index (κ3) is 6.24. The lowest BCUT2D eigenvalue weighted by molar-refractivity contribution is -0.117. The largest absolute Gasteiger partial charge is 0.506 e. The molecule has 0 amide bonds. The van der Waals surface area contributed by atoms with Crippen molar-refractivity contribution in [3.05, 3.63) is 90.3 Å². The number of ketones is 2. The lowest BCUT2D eigenvalue weighted by Gasteiger charge is -2.07. The molecule has 0 bridgehead atoms. The van der Waals surface area contributed by atoms with E-state index in [1.807, 2.05) is 93.7 Å². The van der Waals surface area contributed by atoms with E-state index in [1.165, 1.54) is 0 Å². The molecule has 0 saturated heterocycles. The number of halogens is 2. The molecule has 0 aliphatic rings. The number of hydrogen-bond acceptors (Lipinski definition) is 5. The molecule has 1 N–H and O–H groups in total. The molecule has 0 fully saturated rings. The maximum atomic E-state index is 13.7. The van der Waals surface area contributed by atoms with Gasteiger partial charge >= 0.3 is 0 Å². The second-order valence-corrected chi connectivity index (χ2v) is 10.7. The number of aryl methyl sites for hydroxylation is 1. The van der Waals surface area contributed by atoms with Crippen LogP contribution in [0.3, 0.4) is 0 Å². The molecule has 0 atom stereocenters. The van der Waals surface area contributed by atoms with Crippen molar-refractivity contribution in [2.75, 3.05) is 0 Å². The summed E-state index contributed by atoms with van der Waals surface area (Å²) in [6, 6.07) is 18.8. The van der Waals surface area contributed by atoms with Crippen LogP contribution in [0.5, 0.6) is 11.5 Å². The van der Waals surface area contributed by atoms with Crippen LogP contribution in [0, 0.1) is 7.14 Å². The van der Waals surface area contributed by atoms with Gasteiger partial charge in [-0.15, -0.1) is 0 Å². The Bertz CT molecular complexity index is 1350. The molecule has 7 heteroatoms. The first-order valence-corrected chi connectivity index (χ1v) is 13.4. The van der Waals surface area contributed by atoms with Gasteiger partial charge in [0.2, 0.25) is 0 Å². The Morgan fingerprint density at radius 2 is 1.69 bits per heavy atom. The predicted molar refractivity (Wildman–Crippen MR) is 152 cm³/mol. The van der Waals surface area contributed by atoms with E-state index in [0.717, 1.165) is 23.8 Å². The molecule has 0 aliphatic heterocycles. The molecular formula is C28H24I2O5. The van der Waals surface area contributed by atoms with Gasteiger partial charge in [-0.25, -0.2) is 0 Å². The van der Waals surface area contributed by atoms with E-state index in [1.54, 1.807) is 19.1 Å². The van der Waals surface area contributed by atoms with Gasteiger partial charge in [0.1, 0.15) is 35.2 Å². The number of Topliss-reactive ketones (excluding diaryl/α,β-unsaturated/α-hetero) is 1. The summed E-state index contributed by atoms with van der Waals surface area (Å²) >= 11 is 4.05. The summed E-state index contributed by atoms with van der Waals surface area (Å²) in [5.74, 6) is 1.43. The second kappa shape index (κ2) is 11.6. The van der Waals surface area contributed by atoms with E-state index >= 15 is 0 Å². The summed E-state index contributed by atoms with van der Waals surface area (Å²) in [5.41, 5.74) is 2.66. The molecule has 1 heterocycles. The standard InChI is InChI=1S/C28H24I2O5/c1-17(31)7-5-6-10-24-26(27(32)19-13-22(29)28(33)23(30)14-19)21-12-11-20(15-25(21)35-24)34-16-18-8-3-2-4-9-18/h2-4,8-9,11-15,33H,5-7,10,16H2,1H3. The lowest BCUT2D eigenvalue weighted by atomic mass is 9.98. The number of phenolic OH excluding ortho intramolecular Hbond substituents is 1. The SMILES string of the molecule is CC(=O)CCCCc1oc2cc(OCc3ccccc3)ccc2c1C(=O)c1cc(I)c(O)c(I)c1. The van der Waals surface area contributed by atoms with Gasteiger partial charge in [0, 0.05) is 29.9 Å². The van der Waals surface area contributed by atoms with Crippen molar-refractivity contribution in [2.24, 2.45) is 0 Å². The van der Waals surface area contributed by atoms with Crippen LogP contribution in [-0.4, -0.2) is 16.7 Å². The van der Waals surface area contributed by atoms with Crippen molar-refractivity contribution in [2.45, 2.75) is 39.2 Å². The highest BCUT2D eigenvalue weighted by molar-refractivity contribution is 14.1. The van der Waals surface area contributed by atoms with E-state index in [2.05, 4.69) is 0 Å². The molecule has 0 radical (unpaired) electrons. The predicted octanol–water partition coefficient (Wildman–Crippen LogP) is 7.46. The van der Waals surface area contributed by atoms with Crippen LogP contribution in [-0.2, 0) is 17.8 Å². The Labute approximate surface area is 231 Å². The Morgan fingerprint density at radius 1 is 0.971 bits per heavy atom. The molecule has 5 nitrogen and oxygen atoms in total. The number of furan rings is 1. The number of rotatable bonds is 10. The van der Waals surface area contributed by atoms with Gasteiger partial charge in [-0.05, 0) is 94.8 Å². The van der Waals surface area contributed by atoms with Gasteiger partial charge in [-0.1, -0.05) is 30.3 Å². The zero-order chi connectivity index (χ0) is 24.9. The number of phenols is 1. The van der Waals surface area contributed by atoms with Crippen LogP contribution in [0.15, 0.2) is 65.1 Å². The lowest BCUT2D eigenvalue weighted by Crippen LogP contribution is -2.05. The van der Waals surface area contributed by atoms with Gasteiger partial charge < -0.3 is 19.1 Å². The summed E-state index contributed by atoms with van der Waals surface area (Å²) in [7, 11) is 0. The minimum absolute atomic E-state index is 0.152. The summed E-state index contributed by atoms with van der Waals surface area (Å²) in [6.07, 6.45) is 2.53. The first-order chi connectivity index (χ1) is 16.8. The Kier molecular flexibility index (Phi) is 8.48. The topological polar surface area (TPSA) is 76.7 Å². The quantitative estimate of drug-likeness (QED) is 0.106. The zero-order valence-electron chi connectivity index (χ0n) is 19.1. The molecule has 180 valence electrons. The van der Waals surface area contributed by atoms with E-state index < -0.39 is 0 Å². The van der Waals surface area contributed by atoms with E-state index in [0.29, 0.717) is 54.8 Å². The molecule has 0 spiro atoms. The number of carbonyl (C=O) groups excluding carboxylic acids is 2. The van der Waals surface area contributed by atoms with Crippen molar-refractivity contribution < 1.29 is 23.8 Å². The van der Waals surface area contributed by atoms with Crippen LogP contribution < -0.4 is 4.74 Å². The maximum Gasteiger partial charge on any atom is 0.197 e. The molecule has 3 aromatic carbocycles. The first kappa shape index (κ1) is 25.7. The fraction of sp³-hybridized carbons (Fsp3) is 0.214. The second-order valence-electron chi connectivity index (χ2n) is 8.36. The van der Waals surface area contributed by atoms with Crippen molar-refractivity contribution in [3.8, 4) is 11.5 Å². The van der Waals surface area contributed by atoms with E-state index in [9.17, 15) is 14.7 Å². The molecular weight excluding hydrogens is 670 g/mol. The Balaban J connectivity index is 1.67. The molecule has 35 heavy (non-hydrogen) atoms. The van der Waals surface area contributed by atoms with Crippen molar-refractivity contribution in [1.82, 2.24) is 0 Å². The summed E-state index contributed by atoms with van der Waals surface area (Å²) in [5, 5.41) is 10.9. The number of ether oxygens (including phenoxy) is 1. The van der Waals surface area contributed by atoms with Crippen molar-refractivity contribution in [3.63, 3.8) is 0 Å². The number of unbranched alkanes of at least 4 members (excludes halogenated alkanes) is 1. The molecule has 0 aliphatic carbocycles. The third-order valence-electron chi connectivity index (χ3n) is 5.67. The molecule has 0 unspecified atom stereocenters. The number of fused-ring (bicyclic) bond motifs is 1. The molecule has 4 aromatic rings. The van der Waals surface area contributed by atoms with E-state index in [-0.39, 0.29) is 17.3 Å². The smallest absolute Gasteiger partial charge is 0.197 e. The fourth-order valence-corrected chi connectivity index (χ4v) is 5.65. The van der Waals surface area contributed by atoms with E-state index in [4.69, 9.17) is 9.15 Å². The van der Waals surface area contributed by atoms with Crippen LogP contribution in [0.4, 0.5) is 0 Å². The first-order valence-electron chi connectivity index (χ1n) is 11.3. The van der Waals surface area contributed by atoms with Gasteiger partial charge in [-0.2, -0.15) is 0 Å². The molecule has 0 saturated carbocycles. The summed E-state index contributed by atoms with van der Waals surface area (Å²) in [4.78, 5) is 25.0. The number of aromatic hydroxyl groups is 1. The number of carbonyl (C=O) groups is 2. The Hall–Kier alpha value is -2.40. The van der Waals surface area contributed by atoms with Crippen LogP contribution >= 0.6 is 45.2 Å². The van der Waals surface area contributed by atoms with Crippen LogP contribution in [0.1, 0.15) is 53.4 Å². The normalized spacial score (nSPS) is 11.1. The van der Waals surface area contributed by atoms with Gasteiger partial charge in [0.05, 0.1) is 12.7 Å². The monoisotopic (exact) mass is 694 g/mol. The van der Waals surface area contributed by atoms with Crippen LogP contribution in [0.25, 0.3) is 11.0 Å². The summed E-state index contributed by atoms with van der Waals surface area (Å²) < 4.78 is 13.4. The summed E-state index contributed by atoms with van der Waals surface area (Å²) in [6.45, 7) is 2.02. The zero-order valence-corrected chi connectivity index (χ0v) is 23.5. The van der Waals surface area contributed by atoms with Gasteiger partial charge in [0.15, 0.2) is 5.78 Å². The minimum Gasteiger partial charge on any atom is -0.506 e.